The monoisotopic (exact) mass is 364 g/mol. The van der Waals surface area contributed by atoms with E-state index in [1.807, 2.05) is 24.3 Å². The lowest BCUT2D eigenvalue weighted by molar-refractivity contribution is -0.0610. The lowest BCUT2D eigenvalue weighted by atomic mass is 10.1. The highest BCUT2D eigenvalue weighted by atomic mass is 35.5. The molecule has 0 aliphatic rings. The number of amides is 2. The number of ether oxygens (including phenoxy) is 2. The van der Waals surface area contributed by atoms with Gasteiger partial charge in [-0.25, -0.2) is 14.3 Å². The SMILES string of the molecule is COc1ccc(CCOc2ccc(N(Cl)C(=O)N(C)OC)cc2)cc1. The molecule has 0 heterocycles. The number of benzene rings is 2. The van der Waals surface area contributed by atoms with Crippen LogP contribution < -0.4 is 13.9 Å². The van der Waals surface area contributed by atoms with Gasteiger partial charge in [-0.2, -0.15) is 0 Å². The van der Waals surface area contributed by atoms with Crippen LogP contribution in [0.5, 0.6) is 11.5 Å². The number of halogens is 1. The van der Waals surface area contributed by atoms with Crippen LogP contribution in [0.15, 0.2) is 48.5 Å². The predicted octanol–water partition coefficient (Wildman–Crippen LogP) is 3.89. The summed E-state index contributed by atoms with van der Waals surface area (Å²) in [5, 5.41) is 1.03. The molecule has 0 N–H and O–H groups in total. The first-order valence-corrected chi connectivity index (χ1v) is 8.02. The Hall–Kier alpha value is -2.44. The summed E-state index contributed by atoms with van der Waals surface area (Å²) in [6.07, 6.45) is 0.782. The average Bonchev–Trinajstić information content (AvgIpc) is 2.67. The molecule has 2 rings (SSSR count). The van der Waals surface area contributed by atoms with Gasteiger partial charge < -0.3 is 9.47 Å². The van der Waals surface area contributed by atoms with Crippen LogP contribution in [0, 0.1) is 0 Å². The molecule has 0 unspecified atom stereocenters. The van der Waals surface area contributed by atoms with Gasteiger partial charge in [0.15, 0.2) is 0 Å². The molecule has 2 amide bonds. The Morgan fingerprint density at radius 1 is 1.00 bits per heavy atom. The van der Waals surface area contributed by atoms with Gasteiger partial charge in [0.1, 0.15) is 11.5 Å². The Balaban J connectivity index is 1.86. The molecule has 0 fully saturated rings. The fraction of sp³-hybridized carbons (Fsp3) is 0.278. The first kappa shape index (κ1) is 18.9. The van der Waals surface area contributed by atoms with E-state index >= 15 is 0 Å². The van der Waals surface area contributed by atoms with Crippen molar-refractivity contribution in [2.24, 2.45) is 0 Å². The maximum absolute atomic E-state index is 11.9. The number of nitrogens with zero attached hydrogens (tertiary/aromatic N) is 2. The van der Waals surface area contributed by atoms with Crippen molar-refractivity contribution in [3.8, 4) is 11.5 Å². The lowest BCUT2D eigenvalue weighted by Crippen LogP contribution is -2.34. The Labute approximate surface area is 152 Å². The molecule has 0 aliphatic heterocycles. The van der Waals surface area contributed by atoms with Crippen LogP contribution >= 0.6 is 11.8 Å². The standard InChI is InChI=1S/C18H21ClN2O4/c1-20(24-3)18(22)21(19)15-6-10-17(11-7-15)25-13-12-14-4-8-16(23-2)9-5-14/h4-11H,12-13H2,1-3H3. The largest absolute Gasteiger partial charge is 0.497 e. The van der Waals surface area contributed by atoms with E-state index in [1.54, 1.807) is 31.4 Å². The van der Waals surface area contributed by atoms with E-state index in [0.29, 0.717) is 18.0 Å². The second kappa shape index (κ2) is 9.15. The van der Waals surface area contributed by atoms with Gasteiger partial charge in [0.25, 0.3) is 0 Å². The topological polar surface area (TPSA) is 51.2 Å². The van der Waals surface area contributed by atoms with Gasteiger partial charge in [0.05, 0.1) is 26.5 Å². The van der Waals surface area contributed by atoms with E-state index in [2.05, 4.69) is 0 Å². The summed E-state index contributed by atoms with van der Waals surface area (Å²) < 4.78 is 11.8. The zero-order valence-corrected chi connectivity index (χ0v) is 15.2. The number of carbonyl (C=O) groups is 1. The predicted molar refractivity (Wildman–Crippen MR) is 97.1 cm³/mol. The van der Waals surface area contributed by atoms with E-state index in [1.165, 1.54) is 14.2 Å². The normalized spacial score (nSPS) is 10.2. The second-order valence-corrected chi connectivity index (χ2v) is 5.52. The molecule has 2 aromatic rings. The summed E-state index contributed by atoms with van der Waals surface area (Å²) in [4.78, 5) is 16.7. The number of hydrogen-bond acceptors (Lipinski definition) is 4. The summed E-state index contributed by atoms with van der Waals surface area (Å²) in [6, 6.07) is 14.3. The van der Waals surface area contributed by atoms with Crippen molar-refractivity contribution >= 4 is 23.5 Å². The Bertz CT molecular complexity index is 676. The van der Waals surface area contributed by atoms with Crippen molar-refractivity contribution in [1.82, 2.24) is 5.06 Å². The van der Waals surface area contributed by atoms with E-state index in [0.717, 1.165) is 27.2 Å². The van der Waals surface area contributed by atoms with Gasteiger partial charge in [-0.05, 0) is 42.0 Å². The molecular formula is C18H21ClN2O4. The number of rotatable bonds is 7. The second-order valence-electron chi connectivity index (χ2n) is 5.18. The maximum atomic E-state index is 11.9. The Kier molecular flexibility index (Phi) is 6.91. The first-order valence-electron chi connectivity index (χ1n) is 7.68. The number of hydroxylamine groups is 2. The molecule has 0 saturated carbocycles. The highest BCUT2D eigenvalue weighted by Crippen LogP contribution is 2.22. The van der Waals surface area contributed by atoms with Crippen LogP contribution in [-0.2, 0) is 11.3 Å². The van der Waals surface area contributed by atoms with Crippen LogP contribution in [0.3, 0.4) is 0 Å². The van der Waals surface area contributed by atoms with Crippen molar-refractivity contribution in [3.63, 3.8) is 0 Å². The van der Waals surface area contributed by atoms with Crippen molar-refractivity contribution in [3.05, 3.63) is 54.1 Å². The van der Waals surface area contributed by atoms with Crippen LogP contribution in [-0.4, -0.2) is 39.0 Å². The highest BCUT2D eigenvalue weighted by Gasteiger charge is 2.17. The minimum absolute atomic E-state index is 0.489. The van der Waals surface area contributed by atoms with Crippen molar-refractivity contribution in [1.29, 1.82) is 0 Å². The zero-order chi connectivity index (χ0) is 18.2. The van der Waals surface area contributed by atoms with Crippen molar-refractivity contribution in [2.75, 3.05) is 32.3 Å². The number of carbonyl (C=O) groups excluding carboxylic acids is 1. The molecule has 0 radical (unpaired) electrons. The van der Waals surface area contributed by atoms with E-state index in [-0.39, 0.29) is 0 Å². The van der Waals surface area contributed by atoms with Crippen LogP contribution in [0.4, 0.5) is 10.5 Å². The molecule has 0 saturated heterocycles. The fourth-order valence-electron chi connectivity index (χ4n) is 2.06. The van der Waals surface area contributed by atoms with Crippen molar-refractivity contribution < 1.29 is 19.1 Å². The summed E-state index contributed by atoms with van der Waals surface area (Å²) in [5.74, 6) is 1.54. The van der Waals surface area contributed by atoms with Gasteiger partial charge in [0, 0.05) is 25.2 Å². The van der Waals surface area contributed by atoms with Gasteiger partial charge in [-0.15, -0.1) is 0 Å². The number of methoxy groups -OCH3 is 1. The minimum Gasteiger partial charge on any atom is -0.497 e. The molecule has 0 aromatic heterocycles. The smallest absolute Gasteiger partial charge is 0.362 e. The highest BCUT2D eigenvalue weighted by molar-refractivity contribution is 6.36. The summed E-state index contributed by atoms with van der Waals surface area (Å²) in [7, 11) is 4.52. The van der Waals surface area contributed by atoms with Gasteiger partial charge >= 0.3 is 6.03 Å². The lowest BCUT2D eigenvalue weighted by Gasteiger charge is -2.20. The third kappa shape index (κ3) is 5.27. The van der Waals surface area contributed by atoms with E-state index < -0.39 is 6.03 Å². The quantitative estimate of drug-likeness (QED) is 0.552. The molecule has 134 valence electrons. The third-order valence-corrected chi connectivity index (χ3v) is 3.93. The first-order chi connectivity index (χ1) is 12.0. The number of urea groups is 1. The molecule has 0 spiro atoms. The molecule has 25 heavy (non-hydrogen) atoms. The van der Waals surface area contributed by atoms with E-state index in [9.17, 15) is 4.79 Å². The Morgan fingerprint density at radius 3 is 2.16 bits per heavy atom. The molecule has 6 nitrogen and oxygen atoms in total. The molecule has 7 heteroatoms. The molecular weight excluding hydrogens is 344 g/mol. The van der Waals surface area contributed by atoms with E-state index in [4.69, 9.17) is 26.1 Å². The van der Waals surface area contributed by atoms with Gasteiger partial charge in [-0.3, -0.25) is 4.84 Å². The minimum atomic E-state index is -0.489. The molecule has 0 bridgehead atoms. The molecule has 0 aliphatic carbocycles. The summed E-state index contributed by atoms with van der Waals surface area (Å²) in [5.41, 5.74) is 1.69. The van der Waals surface area contributed by atoms with Gasteiger partial charge in [-0.1, -0.05) is 12.1 Å². The summed E-state index contributed by atoms with van der Waals surface area (Å²) >= 11 is 6.00. The van der Waals surface area contributed by atoms with Gasteiger partial charge in [0.2, 0.25) is 0 Å². The van der Waals surface area contributed by atoms with Crippen LogP contribution in [0.25, 0.3) is 0 Å². The summed E-state index contributed by atoms with van der Waals surface area (Å²) in [6.45, 7) is 0.543. The van der Waals surface area contributed by atoms with Crippen LogP contribution in [0.1, 0.15) is 5.56 Å². The molecule has 0 atom stereocenters. The zero-order valence-electron chi connectivity index (χ0n) is 14.4. The maximum Gasteiger partial charge on any atom is 0.362 e. The average molecular weight is 365 g/mol. The number of hydrogen-bond donors (Lipinski definition) is 0. The fourth-order valence-corrected chi connectivity index (χ4v) is 2.28. The number of anilines is 1. The molecule has 2 aromatic carbocycles. The third-order valence-electron chi connectivity index (χ3n) is 3.59. The Morgan fingerprint density at radius 2 is 1.60 bits per heavy atom. The van der Waals surface area contributed by atoms with Crippen LogP contribution in [0.2, 0.25) is 0 Å². The van der Waals surface area contributed by atoms with Crippen molar-refractivity contribution in [2.45, 2.75) is 6.42 Å².